The minimum Gasteiger partial charge on any atom is -0.487 e. The standard InChI is InChI=1S/C24H22F3NO5/c1-23(2,32)20(22(30)31)28-21(29)18-12-9-15-5-3-4-6-17(15)19(18)33-13-14-7-10-16(11-8-14)24(25,26)27/h3-12,20,32H,13H2,1-2H3,(H,28,29)(H,30,31). The second-order valence-electron chi connectivity index (χ2n) is 8.05. The quantitative estimate of drug-likeness (QED) is 0.485. The Bertz CT molecular complexity index is 1170. The fourth-order valence-electron chi connectivity index (χ4n) is 3.27. The summed E-state index contributed by atoms with van der Waals surface area (Å²) in [5.41, 5.74) is -2.05. The van der Waals surface area contributed by atoms with E-state index in [4.69, 9.17) is 4.74 Å². The van der Waals surface area contributed by atoms with E-state index in [0.29, 0.717) is 10.9 Å². The molecule has 3 N–H and O–H groups in total. The fraction of sp³-hybridized carbons (Fsp3) is 0.250. The first-order valence-corrected chi connectivity index (χ1v) is 9.94. The highest BCUT2D eigenvalue weighted by atomic mass is 19.4. The van der Waals surface area contributed by atoms with Crippen molar-refractivity contribution >= 4 is 22.6 Å². The van der Waals surface area contributed by atoms with Gasteiger partial charge in [-0.25, -0.2) is 4.79 Å². The summed E-state index contributed by atoms with van der Waals surface area (Å²) in [5, 5.41) is 23.1. The molecule has 9 heteroatoms. The average Bonchev–Trinajstić information content (AvgIpc) is 2.74. The lowest BCUT2D eigenvalue weighted by atomic mass is 9.98. The molecule has 0 aliphatic rings. The van der Waals surface area contributed by atoms with E-state index in [1.165, 1.54) is 32.0 Å². The first-order chi connectivity index (χ1) is 15.4. The molecule has 0 aliphatic carbocycles. The highest BCUT2D eigenvalue weighted by Crippen LogP contribution is 2.32. The molecule has 0 saturated heterocycles. The van der Waals surface area contributed by atoms with Crippen LogP contribution in [0.4, 0.5) is 13.2 Å². The molecule has 1 atom stereocenters. The molecule has 1 amide bonds. The van der Waals surface area contributed by atoms with Crippen molar-refractivity contribution in [2.24, 2.45) is 0 Å². The average molecular weight is 461 g/mol. The third kappa shape index (κ3) is 5.61. The maximum Gasteiger partial charge on any atom is 0.416 e. The molecule has 6 nitrogen and oxygen atoms in total. The van der Waals surface area contributed by atoms with Gasteiger partial charge in [0.05, 0.1) is 16.7 Å². The Hall–Kier alpha value is -3.59. The fourth-order valence-corrected chi connectivity index (χ4v) is 3.27. The SMILES string of the molecule is CC(C)(O)C(NC(=O)c1ccc2ccccc2c1OCc1ccc(C(F)(F)F)cc1)C(=O)O. The van der Waals surface area contributed by atoms with Crippen LogP contribution in [0.1, 0.15) is 35.3 Å². The first kappa shape index (κ1) is 24.1. The molecule has 33 heavy (non-hydrogen) atoms. The van der Waals surface area contributed by atoms with E-state index in [1.807, 2.05) is 0 Å². The zero-order valence-corrected chi connectivity index (χ0v) is 17.8. The van der Waals surface area contributed by atoms with Crippen LogP contribution < -0.4 is 10.1 Å². The maximum absolute atomic E-state index is 12.9. The molecule has 0 spiro atoms. The second-order valence-corrected chi connectivity index (χ2v) is 8.05. The van der Waals surface area contributed by atoms with Crippen molar-refractivity contribution in [1.29, 1.82) is 0 Å². The lowest BCUT2D eigenvalue weighted by Crippen LogP contribution is -2.54. The Kier molecular flexibility index (Phi) is 6.64. The number of amides is 1. The van der Waals surface area contributed by atoms with Crippen LogP contribution >= 0.6 is 0 Å². The number of carboxylic acid groups (broad SMARTS) is 1. The van der Waals surface area contributed by atoms with Gasteiger partial charge in [-0.05, 0) is 43.0 Å². The number of benzene rings is 3. The Morgan fingerprint density at radius 1 is 1.00 bits per heavy atom. The van der Waals surface area contributed by atoms with Gasteiger partial charge < -0.3 is 20.3 Å². The molecule has 0 heterocycles. The Morgan fingerprint density at radius 3 is 2.21 bits per heavy atom. The summed E-state index contributed by atoms with van der Waals surface area (Å²) in [7, 11) is 0. The smallest absolute Gasteiger partial charge is 0.416 e. The van der Waals surface area contributed by atoms with Crippen molar-refractivity contribution in [2.45, 2.75) is 38.3 Å². The number of aliphatic hydroxyl groups is 1. The van der Waals surface area contributed by atoms with Crippen LogP contribution in [-0.4, -0.2) is 33.7 Å². The maximum atomic E-state index is 12.9. The van der Waals surface area contributed by atoms with E-state index in [9.17, 15) is 33.0 Å². The summed E-state index contributed by atoms with van der Waals surface area (Å²) in [6, 6.07) is 13.0. The Morgan fingerprint density at radius 2 is 1.64 bits per heavy atom. The van der Waals surface area contributed by atoms with Crippen molar-refractivity contribution in [3.8, 4) is 5.75 Å². The zero-order chi connectivity index (χ0) is 24.4. The van der Waals surface area contributed by atoms with Gasteiger partial charge in [0.1, 0.15) is 12.4 Å². The summed E-state index contributed by atoms with van der Waals surface area (Å²) < 4.78 is 44.2. The van der Waals surface area contributed by atoms with Gasteiger partial charge in [0.25, 0.3) is 5.91 Å². The summed E-state index contributed by atoms with van der Waals surface area (Å²) in [6.45, 7) is 2.39. The van der Waals surface area contributed by atoms with E-state index in [0.717, 1.165) is 17.5 Å². The van der Waals surface area contributed by atoms with Crippen LogP contribution in [-0.2, 0) is 17.6 Å². The third-order valence-corrected chi connectivity index (χ3v) is 5.02. The van der Waals surface area contributed by atoms with Gasteiger partial charge in [0.15, 0.2) is 6.04 Å². The number of alkyl halides is 3. The minimum absolute atomic E-state index is 0.0242. The van der Waals surface area contributed by atoms with Crippen LogP contribution in [0.3, 0.4) is 0 Å². The topological polar surface area (TPSA) is 95.9 Å². The summed E-state index contributed by atoms with van der Waals surface area (Å²) in [5.74, 6) is -2.05. The summed E-state index contributed by atoms with van der Waals surface area (Å²) in [4.78, 5) is 24.5. The monoisotopic (exact) mass is 461 g/mol. The second kappa shape index (κ2) is 9.11. The molecule has 3 rings (SSSR count). The lowest BCUT2D eigenvalue weighted by Gasteiger charge is -2.27. The van der Waals surface area contributed by atoms with Gasteiger partial charge >= 0.3 is 12.1 Å². The van der Waals surface area contributed by atoms with Crippen molar-refractivity contribution in [1.82, 2.24) is 5.32 Å². The van der Waals surface area contributed by atoms with Crippen LogP contribution in [0.2, 0.25) is 0 Å². The van der Waals surface area contributed by atoms with Gasteiger partial charge in [-0.15, -0.1) is 0 Å². The predicted octanol–water partition coefficient (Wildman–Crippen LogP) is 4.39. The van der Waals surface area contributed by atoms with Crippen LogP contribution in [0.25, 0.3) is 10.8 Å². The highest BCUT2D eigenvalue weighted by molar-refractivity contribution is 6.05. The minimum atomic E-state index is -4.46. The zero-order valence-electron chi connectivity index (χ0n) is 17.8. The Labute approximate surface area is 187 Å². The summed E-state index contributed by atoms with van der Waals surface area (Å²) >= 11 is 0. The molecular weight excluding hydrogens is 439 g/mol. The largest absolute Gasteiger partial charge is 0.487 e. The molecule has 0 aromatic heterocycles. The molecule has 0 aliphatic heterocycles. The van der Waals surface area contributed by atoms with Gasteiger partial charge in [0, 0.05) is 5.39 Å². The van der Waals surface area contributed by atoms with Crippen molar-refractivity contribution < 1.29 is 37.7 Å². The first-order valence-electron chi connectivity index (χ1n) is 9.94. The van der Waals surface area contributed by atoms with Crippen molar-refractivity contribution in [3.05, 3.63) is 77.4 Å². The lowest BCUT2D eigenvalue weighted by molar-refractivity contribution is -0.145. The molecule has 3 aromatic carbocycles. The predicted molar refractivity (Wildman–Crippen MR) is 115 cm³/mol. The number of hydrogen-bond acceptors (Lipinski definition) is 4. The number of fused-ring (bicyclic) bond motifs is 1. The van der Waals surface area contributed by atoms with E-state index in [1.54, 1.807) is 30.3 Å². The van der Waals surface area contributed by atoms with Gasteiger partial charge in [0.2, 0.25) is 0 Å². The van der Waals surface area contributed by atoms with Crippen LogP contribution in [0.15, 0.2) is 60.7 Å². The Balaban J connectivity index is 1.94. The number of rotatable bonds is 7. The van der Waals surface area contributed by atoms with E-state index < -0.39 is 35.3 Å². The number of carbonyl (C=O) groups is 2. The molecule has 1 unspecified atom stereocenters. The van der Waals surface area contributed by atoms with Gasteiger partial charge in [-0.2, -0.15) is 13.2 Å². The number of carboxylic acids is 1. The molecular formula is C24H22F3NO5. The van der Waals surface area contributed by atoms with E-state index in [-0.39, 0.29) is 17.9 Å². The normalized spacial score (nSPS) is 12.9. The number of carbonyl (C=O) groups excluding carboxylic acids is 1. The van der Waals surface area contributed by atoms with Gasteiger partial charge in [-0.3, -0.25) is 4.79 Å². The number of aliphatic carboxylic acids is 1. The van der Waals surface area contributed by atoms with Gasteiger partial charge in [-0.1, -0.05) is 42.5 Å². The molecule has 0 radical (unpaired) electrons. The van der Waals surface area contributed by atoms with Crippen LogP contribution in [0, 0.1) is 0 Å². The van der Waals surface area contributed by atoms with Crippen molar-refractivity contribution in [2.75, 3.05) is 0 Å². The summed E-state index contributed by atoms with van der Waals surface area (Å²) in [6.07, 6.45) is -4.46. The van der Waals surface area contributed by atoms with E-state index in [2.05, 4.69) is 5.32 Å². The molecule has 0 fully saturated rings. The number of halogens is 3. The highest BCUT2D eigenvalue weighted by Gasteiger charge is 2.35. The third-order valence-electron chi connectivity index (χ3n) is 5.02. The van der Waals surface area contributed by atoms with E-state index >= 15 is 0 Å². The molecule has 174 valence electrons. The van der Waals surface area contributed by atoms with Crippen molar-refractivity contribution in [3.63, 3.8) is 0 Å². The number of ether oxygens (including phenoxy) is 1. The molecule has 3 aromatic rings. The number of hydrogen-bond donors (Lipinski definition) is 3. The van der Waals surface area contributed by atoms with Crippen LogP contribution in [0.5, 0.6) is 5.75 Å². The molecule has 0 saturated carbocycles. The molecule has 0 bridgehead atoms. The number of nitrogens with one attached hydrogen (secondary N) is 1.